The highest BCUT2D eigenvalue weighted by Gasteiger charge is 2.50. The van der Waals surface area contributed by atoms with E-state index in [1.807, 2.05) is 73.3 Å². The smallest absolute Gasteiger partial charge is 0.180 e. The van der Waals surface area contributed by atoms with Crippen LogP contribution in [0, 0.1) is 0 Å². The van der Waals surface area contributed by atoms with Gasteiger partial charge in [0.1, 0.15) is 63.3 Å². The lowest BCUT2D eigenvalue weighted by molar-refractivity contribution is 0.0619. The van der Waals surface area contributed by atoms with Crippen LogP contribution in [0.15, 0.2) is 45.8 Å². The first-order valence-electron chi connectivity index (χ1n) is 21.4. The third kappa shape index (κ3) is 15.1. The molecule has 4 aromatic heterocycles. The molecule has 2 saturated heterocycles. The molecule has 0 N–H and O–H groups in total. The van der Waals surface area contributed by atoms with E-state index >= 15 is 0 Å². The van der Waals surface area contributed by atoms with Crippen molar-refractivity contribution in [2.24, 2.45) is 0 Å². The molecule has 0 saturated carbocycles. The van der Waals surface area contributed by atoms with Gasteiger partial charge in [-0.05, 0) is 149 Å². The van der Waals surface area contributed by atoms with Gasteiger partial charge >= 0.3 is 0 Å². The fourth-order valence-electron chi connectivity index (χ4n) is 7.59. The second-order valence-electron chi connectivity index (χ2n) is 18.0. The molecule has 0 atom stereocenters. The number of hydrogen-bond donors (Lipinski definition) is 4. The summed E-state index contributed by atoms with van der Waals surface area (Å²) in [5.74, 6) is 13.0. The first-order valence-corrected chi connectivity index (χ1v) is 31.3. The van der Waals surface area contributed by atoms with Gasteiger partial charge in [0.05, 0.1) is 22.6 Å². The molecule has 2 fully saturated rings. The van der Waals surface area contributed by atoms with E-state index in [2.05, 4.69) is 148 Å². The first-order chi connectivity index (χ1) is 30.2. The Hall–Kier alpha value is 0.140. The van der Waals surface area contributed by atoms with Crippen LogP contribution in [0.4, 0.5) is 0 Å². The predicted octanol–water partition coefficient (Wildman–Crippen LogP) is 15.3. The second-order valence-corrected chi connectivity index (χ2v) is 29.5. The SMILES string of the molecule is CC1(C)CC(=O)c2sccc2O1.CC1(C)CC(=O)c2sccc2O1.CC1(C)CC2(SCCCS2)c2sccc2O1.CC1(C)CC2(SCCS2)c2sccc2O1.SCCCS.SCCS. The van der Waals surface area contributed by atoms with Crippen molar-refractivity contribution in [2.45, 2.75) is 124 Å². The van der Waals surface area contributed by atoms with E-state index in [0.717, 1.165) is 75.0 Å². The van der Waals surface area contributed by atoms with Crippen molar-refractivity contribution in [1.82, 2.24) is 0 Å². The van der Waals surface area contributed by atoms with Crippen molar-refractivity contribution in [2.75, 3.05) is 46.0 Å². The molecule has 0 unspecified atom stereocenters. The minimum absolute atomic E-state index is 0.0155. The number of carbonyl (C=O) groups is 2. The quantitative estimate of drug-likeness (QED) is 0.149. The zero-order chi connectivity index (χ0) is 46.8. The summed E-state index contributed by atoms with van der Waals surface area (Å²) in [6.07, 6.45) is 5.69. The van der Waals surface area contributed by atoms with Crippen LogP contribution in [0.3, 0.4) is 0 Å². The minimum Gasteiger partial charge on any atom is -0.487 e. The number of fused-ring (bicyclic) bond motifs is 6. The summed E-state index contributed by atoms with van der Waals surface area (Å²) >= 11 is 30.7. The van der Waals surface area contributed by atoms with E-state index < -0.39 is 0 Å². The van der Waals surface area contributed by atoms with Gasteiger partial charge in [0.2, 0.25) is 0 Å². The zero-order valence-electron chi connectivity index (χ0n) is 38.0. The summed E-state index contributed by atoms with van der Waals surface area (Å²) in [6, 6.07) is 7.98. The number of rotatable bonds is 3. The largest absolute Gasteiger partial charge is 0.487 e. The number of ketones is 2. The lowest BCUT2D eigenvalue weighted by atomic mass is 9.98. The normalized spacial score (nSPS) is 21.3. The third-order valence-electron chi connectivity index (χ3n) is 9.88. The van der Waals surface area contributed by atoms with E-state index in [-0.39, 0.29) is 38.0 Å². The van der Waals surface area contributed by atoms with Crippen LogP contribution >= 0.6 is 143 Å². The molecule has 6 aliphatic heterocycles. The third-order valence-corrected chi connectivity index (χ3v) is 22.5. The van der Waals surface area contributed by atoms with Crippen molar-refractivity contribution in [3.63, 3.8) is 0 Å². The minimum atomic E-state index is -0.328. The topological polar surface area (TPSA) is 71.1 Å². The Balaban J connectivity index is 0.000000152. The van der Waals surface area contributed by atoms with Gasteiger partial charge in [-0.25, -0.2) is 0 Å². The Morgan fingerprint density at radius 3 is 1.17 bits per heavy atom. The summed E-state index contributed by atoms with van der Waals surface area (Å²) in [7, 11) is 0. The molecule has 64 heavy (non-hydrogen) atoms. The standard InChI is InChI=1S/C12H16OS3.C11H14OS3.2C9H10O2S.C3H8S2.C2H6S2/c1-11(2)8-12(15-5-3-6-16-12)10-9(13-11)4-7-14-10;1-10(2)7-11(14-5-6-15-11)9-8(12-10)3-4-13-9;2*1-9(2)5-6(10)8-7(11-9)3-4-12-8;4-2-1-3-5;3-1-2-4/h4,7H,3,5-6,8H2,1-2H3;3-4H,5-7H2,1-2H3;2*3-4H,5H2,1-2H3;4-5H,1-3H2;3-4H,1-2H2. The summed E-state index contributed by atoms with van der Waals surface area (Å²) in [5.41, 5.74) is -0.694. The van der Waals surface area contributed by atoms with Crippen LogP contribution in [0.5, 0.6) is 23.0 Å². The summed E-state index contributed by atoms with van der Waals surface area (Å²) in [6.45, 7) is 16.6. The van der Waals surface area contributed by atoms with Crippen LogP contribution in [0.1, 0.15) is 123 Å². The Labute approximate surface area is 437 Å². The Bertz CT molecular complexity index is 2010. The summed E-state index contributed by atoms with van der Waals surface area (Å²) in [5, 5.41) is 8.12. The van der Waals surface area contributed by atoms with E-state index in [9.17, 15) is 9.59 Å². The molecule has 0 bridgehead atoms. The molecule has 18 heteroatoms. The molecule has 0 aliphatic carbocycles. The predicted molar refractivity (Wildman–Crippen MR) is 301 cm³/mol. The Kier molecular flexibility index (Phi) is 20.9. The molecule has 2 spiro atoms. The van der Waals surface area contributed by atoms with Gasteiger partial charge in [-0.3, -0.25) is 9.59 Å². The first kappa shape index (κ1) is 55.1. The van der Waals surface area contributed by atoms with E-state index in [1.54, 1.807) is 0 Å². The number of hydrogen-bond acceptors (Lipinski definition) is 18. The van der Waals surface area contributed by atoms with E-state index in [0.29, 0.717) is 16.9 Å². The van der Waals surface area contributed by atoms with Crippen LogP contribution < -0.4 is 18.9 Å². The van der Waals surface area contributed by atoms with Crippen molar-refractivity contribution in [1.29, 1.82) is 0 Å². The van der Waals surface area contributed by atoms with Crippen molar-refractivity contribution >= 4 is 154 Å². The highest BCUT2D eigenvalue weighted by atomic mass is 32.2. The molecule has 6 aliphatic rings. The number of thiophene rings is 4. The molecule has 356 valence electrons. The lowest BCUT2D eigenvalue weighted by Crippen LogP contribution is -2.41. The fourth-order valence-corrected chi connectivity index (χ4v) is 19.7. The van der Waals surface area contributed by atoms with Gasteiger partial charge in [-0.1, -0.05) is 0 Å². The van der Waals surface area contributed by atoms with E-state index in [4.69, 9.17) is 18.9 Å². The highest BCUT2D eigenvalue weighted by molar-refractivity contribution is 8.20. The van der Waals surface area contributed by atoms with Gasteiger partial charge in [0.15, 0.2) is 11.6 Å². The highest BCUT2D eigenvalue weighted by Crippen LogP contribution is 2.63. The molecule has 0 radical (unpaired) electrons. The molecule has 4 aromatic rings. The molecule has 0 aromatic carbocycles. The van der Waals surface area contributed by atoms with Crippen molar-refractivity contribution < 1.29 is 28.5 Å². The number of carbonyl (C=O) groups excluding carboxylic acids is 2. The molecule has 0 amide bonds. The summed E-state index contributed by atoms with van der Waals surface area (Å²) < 4.78 is 23.9. The molecule has 6 nitrogen and oxygen atoms in total. The maximum Gasteiger partial charge on any atom is 0.180 e. The van der Waals surface area contributed by atoms with Gasteiger partial charge in [0.25, 0.3) is 0 Å². The van der Waals surface area contributed by atoms with Gasteiger partial charge in [-0.15, -0.1) is 92.4 Å². The zero-order valence-corrected chi connectivity index (χ0v) is 48.1. The number of thiol groups is 4. The Morgan fingerprint density at radius 2 is 0.812 bits per heavy atom. The maximum absolute atomic E-state index is 11.5. The van der Waals surface area contributed by atoms with Crippen LogP contribution in [0.25, 0.3) is 0 Å². The van der Waals surface area contributed by atoms with E-state index in [1.165, 1.54) is 61.9 Å². The molecule has 10 heterocycles. The number of thioether (sulfide) groups is 4. The molecular formula is C46H64O6S12. The van der Waals surface area contributed by atoms with Crippen molar-refractivity contribution in [3.8, 4) is 23.0 Å². The Morgan fingerprint density at radius 1 is 0.469 bits per heavy atom. The van der Waals surface area contributed by atoms with Crippen LogP contribution in [-0.4, -0.2) is 80.0 Å². The molecular weight excluding hydrogens is 1030 g/mol. The average molecular weight is 1100 g/mol. The van der Waals surface area contributed by atoms with Crippen LogP contribution in [-0.2, 0) is 8.16 Å². The maximum atomic E-state index is 11.5. The van der Waals surface area contributed by atoms with Gasteiger partial charge in [-0.2, -0.15) is 50.5 Å². The van der Waals surface area contributed by atoms with Crippen LogP contribution in [0.2, 0.25) is 0 Å². The fraction of sp³-hybridized carbons (Fsp3) is 0.609. The van der Waals surface area contributed by atoms with Gasteiger partial charge in [0, 0.05) is 24.3 Å². The van der Waals surface area contributed by atoms with Gasteiger partial charge < -0.3 is 18.9 Å². The number of Topliss-reactive ketones (excluding diaryl/α,β-unsaturated/α-hetero) is 2. The second kappa shape index (κ2) is 24.3. The summed E-state index contributed by atoms with van der Waals surface area (Å²) in [4.78, 5) is 27.4. The van der Waals surface area contributed by atoms with Crippen molar-refractivity contribution in [3.05, 3.63) is 65.3 Å². The average Bonchev–Trinajstić information content (AvgIpc) is 4.07. The number of ether oxygens (including phenoxy) is 4. The monoisotopic (exact) mass is 1100 g/mol. The molecule has 10 rings (SSSR count). The lowest BCUT2D eigenvalue weighted by Gasteiger charge is -2.45.